The first-order valence-corrected chi connectivity index (χ1v) is 7.77. The zero-order valence-electron chi connectivity index (χ0n) is 8.23. The fraction of sp³-hybridized carbons (Fsp3) is 1.00. The minimum absolute atomic E-state index is 1.20. The quantitative estimate of drug-likeness (QED) is 0.407. The molecule has 15 heteroatoms. The Hall–Kier alpha value is -0.390. The Balaban J connectivity index is 4.63. The zero-order valence-corrected chi connectivity index (χ0v) is 10.7. The van der Waals surface area contributed by atoms with Gasteiger partial charge in [-0.2, -0.15) is 25.3 Å². The molecule has 0 aromatic carbocycles. The monoisotopic (exact) mass is 332 g/mol. The Kier molecular flexibility index (Phi) is 6.04. The molecule has 0 atom stereocenters. The zero-order chi connectivity index (χ0) is 14.6. The lowest BCUT2D eigenvalue weighted by atomic mass is 10.4. The van der Waals surface area contributed by atoms with Crippen LogP contribution in [-0.2, 0) is 43.7 Å². The molecule has 0 aromatic rings. The Bertz CT molecular complexity index is 516. The van der Waals surface area contributed by atoms with Gasteiger partial charge in [-0.05, 0) is 0 Å². The van der Waals surface area contributed by atoms with Crippen LogP contribution in [0, 0.1) is 0 Å². The lowest BCUT2D eigenvalue weighted by molar-refractivity contribution is 0.0710. The maximum absolute atomic E-state index is 10.3. The molecule has 0 saturated carbocycles. The molecule has 0 aliphatic carbocycles. The van der Waals surface area contributed by atoms with Gasteiger partial charge in [-0.25, -0.2) is 12.5 Å². The van der Waals surface area contributed by atoms with E-state index in [1.807, 2.05) is 0 Å². The topological polar surface area (TPSA) is 191 Å². The van der Waals surface area contributed by atoms with E-state index in [0.717, 1.165) is 0 Å². The van der Waals surface area contributed by atoms with Gasteiger partial charge in [0.25, 0.3) is 0 Å². The molecule has 12 nitrogen and oxygen atoms in total. The molecule has 0 rings (SSSR count). The molecule has 0 fully saturated rings. The van der Waals surface area contributed by atoms with Crippen LogP contribution in [0.2, 0.25) is 0 Å². The van der Waals surface area contributed by atoms with E-state index in [9.17, 15) is 25.3 Å². The van der Waals surface area contributed by atoms with Crippen LogP contribution in [0.3, 0.4) is 0 Å². The van der Waals surface area contributed by atoms with Crippen molar-refractivity contribution < 1.29 is 51.5 Å². The van der Waals surface area contributed by atoms with Gasteiger partial charge in [0.2, 0.25) is 0 Å². The summed E-state index contributed by atoms with van der Waals surface area (Å²) in [6.45, 7) is -2.40. The molecule has 0 aromatic heterocycles. The minimum Gasteiger partial charge on any atom is -0.264 e. The minimum atomic E-state index is -5.07. The van der Waals surface area contributed by atoms with Crippen LogP contribution in [0.5, 0.6) is 0 Å². The molecule has 0 heterocycles. The first-order chi connectivity index (χ1) is 7.79. The number of rotatable bonds is 8. The van der Waals surface area contributed by atoms with Gasteiger partial charge in [-0.15, -0.1) is 0 Å². The Morgan fingerprint density at radius 3 is 1.28 bits per heavy atom. The van der Waals surface area contributed by atoms with Crippen LogP contribution in [0.15, 0.2) is 0 Å². The molecule has 0 radical (unpaired) electrons. The maximum Gasteiger partial charge on any atom is 0.397 e. The van der Waals surface area contributed by atoms with Gasteiger partial charge in [0.1, 0.15) is 6.10 Å². The van der Waals surface area contributed by atoms with Crippen molar-refractivity contribution in [1.29, 1.82) is 0 Å². The molecule has 0 aliphatic heterocycles. The highest BCUT2D eigenvalue weighted by atomic mass is 32.3. The van der Waals surface area contributed by atoms with E-state index in [1.54, 1.807) is 0 Å². The Labute approximate surface area is 102 Å². The second kappa shape index (κ2) is 6.17. The highest BCUT2D eigenvalue weighted by Crippen LogP contribution is 2.03. The molecule has 3 N–H and O–H groups in total. The average Bonchev–Trinajstić information content (AvgIpc) is 2.05. The molecular weight excluding hydrogens is 324 g/mol. The van der Waals surface area contributed by atoms with Gasteiger partial charge in [0, 0.05) is 0 Å². The van der Waals surface area contributed by atoms with Gasteiger partial charge < -0.3 is 0 Å². The Morgan fingerprint density at radius 1 is 0.722 bits per heavy atom. The van der Waals surface area contributed by atoms with Crippen molar-refractivity contribution in [2.45, 2.75) is 6.10 Å². The van der Waals surface area contributed by atoms with E-state index in [0.29, 0.717) is 0 Å². The SMILES string of the molecule is O=S(=O)(O)OCC(COS(=O)(=O)O)OS(=O)(=O)O. The van der Waals surface area contributed by atoms with Crippen molar-refractivity contribution in [2.24, 2.45) is 0 Å². The van der Waals surface area contributed by atoms with Crippen molar-refractivity contribution in [3.63, 3.8) is 0 Å². The van der Waals surface area contributed by atoms with Crippen LogP contribution < -0.4 is 0 Å². The van der Waals surface area contributed by atoms with Crippen molar-refractivity contribution in [3.05, 3.63) is 0 Å². The van der Waals surface area contributed by atoms with Crippen molar-refractivity contribution >= 4 is 31.2 Å². The molecule has 0 saturated heterocycles. The van der Waals surface area contributed by atoms with E-state index in [1.165, 1.54) is 0 Å². The third-order valence-corrected chi connectivity index (χ3v) is 2.45. The summed E-state index contributed by atoms with van der Waals surface area (Å²) in [5.74, 6) is 0. The van der Waals surface area contributed by atoms with Crippen LogP contribution in [0.25, 0.3) is 0 Å². The summed E-state index contributed by atoms with van der Waals surface area (Å²) in [6.07, 6.45) is -1.95. The van der Waals surface area contributed by atoms with Crippen molar-refractivity contribution in [1.82, 2.24) is 0 Å². The molecule has 110 valence electrons. The number of hydrogen-bond donors (Lipinski definition) is 3. The van der Waals surface area contributed by atoms with Gasteiger partial charge in [-0.3, -0.25) is 13.7 Å². The van der Waals surface area contributed by atoms with Crippen molar-refractivity contribution in [2.75, 3.05) is 13.2 Å². The molecule has 0 spiro atoms. The standard InChI is InChI=1S/C3H8O12S3/c4-16(5,6)13-1-3(15-18(10,11)12)2-14-17(7,8)9/h3H,1-2H2,(H,4,5,6)(H,7,8,9)(H,10,11,12). The van der Waals surface area contributed by atoms with Crippen LogP contribution in [0.4, 0.5) is 0 Å². The smallest absolute Gasteiger partial charge is 0.264 e. The lowest BCUT2D eigenvalue weighted by Gasteiger charge is -2.13. The second-order valence-corrected chi connectivity index (χ2v) is 5.80. The lowest BCUT2D eigenvalue weighted by Crippen LogP contribution is -2.30. The van der Waals surface area contributed by atoms with E-state index in [-0.39, 0.29) is 0 Å². The average molecular weight is 332 g/mol. The van der Waals surface area contributed by atoms with Crippen LogP contribution >= 0.6 is 0 Å². The molecule has 18 heavy (non-hydrogen) atoms. The summed E-state index contributed by atoms with van der Waals surface area (Å²) in [5, 5.41) is 0. The predicted octanol–water partition coefficient (Wildman–Crippen LogP) is -2.19. The first-order valence-electron chi connectivity index (χ1n) is 3.68. The highest BCUT2D eigenvalue weighted by Gasteiger charge is 2.23. The van der Waals surface area contributed by atoms with E-state index in [2.05, 4.69) is 12.5 Å². The van der Waals surface area contributed by atoms with Gasteiger partial charge in [0.15, 0.2) is 0 Å². The van der Waals surface area contributed by atoms with E-state index < -0.39 is 50.5 Å². The molecule has 0 amide bonds. The summed E-state index contributed by atoms with van der Waals surface area (Å²) < 4.78 is 96.9. The Morgan fingerprint density at radius 2 is 1.06 bits per heavy atom. The summed E-state index contributed by atoms with van der Waals surface area (Å²) >= 11 is 0. The third-order valence-electron chi connectivity index (χ3n) is 1.06. The molecule has 0 aliphatic rings. The fourth-order valence-corrected chi connectivity index (χ4v) is 1.70. The van der Waals surface area contributed by atoms with Crippen LogP contribution in [0.1, 0.15) is 0 Å². The van der Waals surface area contributed by atoms with Gasteiger partial charge >= 0.3 is 31.2 Å². The van der Waals surface area contributed by atoms with Crippen molar-refractivity contribution in [3.8, 4) is 0 Å². The summed E-state index contributed by atoms with van der Waals surface area (Å²) in [7, 11) is -15.0. The second-order valence-electron chi connectivity index (χ2n) is 2.57. The summed E-state index contributed by atoms with van der Waals surface area (Å²) in [6, 6.07) is 0. The maximum atomic E-state index is 10.3. The third kappa shape index (κ3) is 12.1. The summed E-state index contributed by atoms with van der Waals surface area (Å²) in [5.41, 5.74) is 0. The normalized spacial score (nSPS) is 14.0. The fourth-order valence-electron chi connectivity index (χ4n) is 0.599. The summed E-state index contributed by atoms with van der Waals surface area (Å²) in [4.78, 5) is 0. The molecule has 0 bridgehead atoms. The van der Waals surface area contributed by atoms with Gasteiger partial charge in [0.05, 0.1) is 13.2 Å². The van der Waals surface area contributed by atoms with Crippen LogP contribution in [-0.4, -0.2) is 58.2 Å². The molecular formula is C3H8O12S3. The van der Waals surface area contributed by atoms with E-state index in [4.69, 9.17) is 13.7 Å². The largest absolute Gasteiger partial charge is 0.397 e. The molecule has 0 unspecified atom stereocenters. The van der Waals surface area contributed by atoms with E-state index >= 15 is 0 Å². The first kappa shape index (κ1) is 17.6. The van der Waals surface area contributed by atoms with Gasteiger partial charge in [-0.1, -0.05) is 0 Å². The highest BCUT2D eigenvalue weighted by molar-refractivity contribution is 7.81. The predicted molar refractivity (Wildman–Crippen MR) is 51.4 cm³/mol. The number of hydrogen-bond acceptors (Lipinski definition) is 9.